The lowest BCUT2D eigenvalue weighted by atomic mass is 10.1. The van der Waals surface area contributed by atoms with Gasteiger partial charge in [-0.1, -0.05) is 19.9 Å². The Hall–Kier alpha value is -1.79. The summed E-state index contributed by atoms with van der Waals surface area (Å²) in [4.78, 5) is 0. The summed E-state index contributed by atoms with van der Waals surface area (Å²) in [5.74, 6) is 0.684. The molecular formula is C18H25N3. The highest BCUT2D eigenvalue weighted by Crippen LogP contribution is 2.18. The number of rotatable bonds is 8. The number of aromatic nitrogens is 1. The van der Waals surface area contributed by atoms with Crippen LogP contribution in [0, 0.1) is 17.2 Å². The van der Waals surface area contributed by atoms with Gasteiger partial charge in [0, 0.05) is 31.2 Å². The average Bonchev–Trinajstić information content (AvgIpc) is 2.86. The first-order valence-electron chi connectivity index (χ1n) is 7.86. The van der Waals surface area contributed by atoms with E-state index in [0.29, 0.717) is 12.3 Å². The Morgan fingerprint density at radius 3 is 2.86 bits per heavy atom. The van der Waals surface area contributed by atoms with Gasteiger partial charge in [-0.3, -0.25) is 0 Å². The molecule has 1 heterocycles. The van der Waals surface area contributed by atoms with Gasteiger partial charge in [-0.25, -0.2) is 0 Å². The molecular weight excluding hydrogens is 258 g/mol. The van der Waals surface area contributed by atoms with Crippen molar-refractivity contribution in [2.75, 3.05) is 6.54 Å². The van der Waals surface area contributed by atoms with Crippen molar-refractivity contribution in [1.29, 1.82) is 5.26 Å². The van der Waals surface area contributed by atoms with E-state index in [4.69, 9.17) is 5.26 Å². The van der Waals surface area contributed by atoms with Gasteiger partial charge >= 0.3 is 0 Å². The Bertz CT molecular complexity index is 604. The van der Waals surface area contributed by atoms with Crippen LogP contribution < -0.4 is 5.32 Å². The molecule has 112 valence electrons. The second-order valence-corrected chi connectivity index (χ2v) is 6.04. The Kier molecular flexibility index (Phi) is 5.83. The van der Waals surface area contributed by atoms with Crippen LogP contribution in [-0.2, 0) is 13.1 Å². The number of hydrogen-bond acceptors (Lipinski definition) is 2. The van der Waals surface area contributed by atoms with Gasteiger partial charge in [0.05, 0.1) is 6.07 Å². The third kappa shape index (κ3) is 4.61. The van der Waals surface area contributed by atoms with Crippen molar-refractivity contribution < 1.29 is 0 Å². The normalized spacial score (nSPS) is 11.1. The molecule has 0 aliphatic heterocycles. The van der Waals surface area contributed by atoms with Crippen molar-refractivity contribution in [1.82, 2.24) is 9.88 Å². The van der Waals surface area contributed by atoms with Crippen molar-refractivity contribution in [3.63, 3.8) is 0 Å². The summed E-state index contributed by atoms with van der Waals surface area (Å²) in [6, 6.07) is 11.1. The van der Waals surface area contributed by atoms with Crippen LogP contribution in [0.1, 0.15) is 38.7 Å². The van der Waals surface area contributed by atoms with E-state index in [9.17, 15) is 0 Å². The largest absolute Gasteiger partial charge is 0.347 e. The molecule has 0 aliphatic carbocycles. The van der Waals surface area contributed by atoms with Gasteiger partial charge in [-0.2, -0.15) is 5.26 Å². The topological polar surface area (TPSA) is 40.8 Å². The van der Waals surface area contributed by atoms with Gasteiger partial charge in [-0.15, -0.1) is 0 Å². The minimum absolute atomic E-state index is 0.658. The smallest absolute Gasteiger partial charge is 0.0621 e. The zero-order valence-corrected chi connectivity index (χ0v) is 13.1. The predicted molar refractivity (Wildman–Crippen MR) is 87.9 cm³/mol. The maximum Gasteiger partial charge on any atom is 0.0621 e. The van der Waals surface area contributed by atoms with Crippen molar-refractivity contribution in [3.05, 3.63) is 36.0 Å². The van der Waals surface area contributed by atoms with Crippen molar-refractivity contribution in [2.45, 2.75) is 46.2 Å². The molecule has 3 nitrogen and oxygen atoms in total. The molecule has 2 rings (SSSR count). The summed E-state index contributed by atoms with van der Waals surface area (Å²) in [7, 11) is 0. The molecule has 0 fully saturated rings. The number of benzene rings is 1. The molecule has 2 aromatic rings. The van der Waals surface area contributed by atoms with Gasteiger partial charge in [0.2, 0.25) is 0 Å². The standard InChI is InChI=1S/C18H25N3/c1-15(2)13-20-14-16-6-7-18-17(12-16)8-11-21(18)10-5-3-4-9-19/h6-8,11-12,15,20H,3-5,10,13-14H2,1-2H3. The second-order valence-electron chi connectivity index (χ2n) is 6.04. The zero-order valence-electron chi connectivity index (χ0n) is 13.1. The molecule has 21 heavy (non-hydrogen) atoms. The maximum atomic E-state index is 8.57. The summed E-state index contributed by atoms with van der Waals surface area (Å²) in [5.41, 5.74) is 2.63. The first kappa shape index (κ1) is 15.6. The molecule has 1 N–H and O–H groups in total. The van der Waals surface area contributed by atoms with Gasteiger partial charge < -0.3 is 9.88 Å². The van der Waals surface area contributed by atoms with Crippen LogP contribution in [-0.4, -0.2) is 11.1 Å². The Morgan fingerprint density at radius 2 is 2.10 bits per heavy atom. The first-order chi connectivity index (χ1) is 10.2. The fourth-order valence-electron chi connectivity index (χ4n) is 2.55. The van der Waals surface area contributed by atoms with E-state index in [0.717, 1.165) is 32.5 Å². The van der Waals surface area contributed by atoms with Gasteiger partial charge in [0.25, 0.3) is 0 Å². The van der Waals surface area contributed by atoms with E-state index in [2.05, 4.69) is 60.3 Å². The Labute approximate surface area is 127 Å². The van der Waals surface area contributed by atoms with Crippen LogP contribution in [0.3, 0.4) is 0 Å². The van der Waals surface area contributed by atoms with E-state index in [-0.39, 0.29) is 0 Å². The van der Waals surface area contributed by atoms with Crippen molar-refractivity contribution >= 4 is 10.9 Å². The lowest BCUT2D eigenvalue weighted by molar-refractivity contribution is 0.552. The summed E-state index contributed by atoms with van der Waals surface area (Å²) in [6.07, 6.45) is 4.86. The molecule has 0 spiro atoms. The number of fused-ring (bicyclic) bond motifs is 1. The molecule has 0 saturated carbocycles. The molecule has 0 saturated heterocycles. The highest BCUT2D eigenvalue weighted by Gasteiger charge is 2.03. The molecule has 0 radical (unpaired) electrons. The van der Waals surface area contributed by atoms with Crippen LogP contribution in [0.5, 0.6) is 0 Å². The van der Waals surface area contributed by atoms with Crippen molar-refractivity contribution in [3.8, 4) is 6.07 Å². The molecule has 0 bridgehead atoms. The monoisotopic (exact) mass is 283 g/mol. The number of nitrogens with one attached hydrogen (secondary N) is 1. The Balaban J connectivity index is 1.96. The lowest BCUT2D eigenvalue weighted by Gasteiger charge is -2.08. The number of nitrogens with zero attached hydrogens (tertiary/aromatic N) is 2. The SMILES string of the molecule is CC(C)CNCc1ccc2c(ccn2CCCCC#N)c1. The lowest BCUT2D eigenvalue weighted by Crippen LogP contribution is -2.18. The van der Waals surface area contributed by atoms with E-state index in [1.54, 1.807) is 0 Å². The minimum Gasteiger partial charge on any atom is -0.347 e. The average molecular weight is 283 g/mol. The van der Waals surface area contributed by atoms with Gasteiger partial charge in [0.15, 0.2) is 0 Å². The zero-order chi connectivity index (χ0) is 15.1. The molecule has 0 amide bonds. The third-order valence-corrected chi connectivity index (χ3v) is 3.65. The summed E-state index contributed by atoms with van der Waals surface area (Å²) in [5, 5.41) is 13.4. The summed E-state index contributed by atoms with van der Waals surface area (Å²) in [6.45, 7) is 7.43. The second kappa shape index (κ2) is 7.85. The van der Waals surface area contributed by atoms with E-state index in [1.165, 1.54) is 16.5 Å². The summed E-state index contributed by atoms with van der Waals surface area (Å²) >= 11 is 0. The first-order valence-corrected chi connectivity index (χ1v) is 7.86. The third-order valence-electron chi connectivity index (χ3n) is 3.65. The number of unbranched alkanes of at least 4 members (excludes halogenated alkanes) is 2. The fourth-order valence-corrected chi connectivity index (χ4v) is 2.55. The predicted octanol–water partition coefficient (Wildman–Crippen LogP) is 4.08. The minimum atomic E-state index is 0.658. The number of hydrogen-bond donors (Lipinski definition) is 1. The van der Waals surface area contributed by atoms with Crippen molar-refractivity contribution in [2.24, 2.45) is 5.92 Å². The molecule has 1 aromatic carbocycles. The highest BCUT2D eigenvalue weighted by molar-refractivity contribution is 5.80. The van der Waals surface area contributed by atoms with Gasteiger partial charge in [-0.05, 0) is 54.5 Å². The van der Waals surface area contributed by atoms with Gasteiger partial charge in [0.1, 0.15) is 0 Å². The summed E-state index contributed by atoms with van der Waals surface area (Å²) < 4.78 is 2.29. The highest BCUT2D eigenvalue weighted by atomic mass is 14.9. The van der Waals surface area contributed by atoms with Crippen LogP contribution in [0.15, 0.2) is 30.5 Å². The molecule has 3 heteroatoms. The Morgan fingerprint density at radius 1 is 1.24 bits per heavy atom. The van der Waals surface area contributed by atoms with Crippen LogP contribution in [0.25, 0.3) is 10.9 Å². The number of nitriles is 1. The number of aryl methyl sites for hydroxylation is 1. The van der Waals surface area contributed by atoms with E-state index >= 15 is 0 Å². The quantitative estimate of drug-likeness (QED) is 0.742. The molecule has 0 unspecified atom stereocenters. The van der Waals surface area contributed by atoms with Crippen LogP contribution in [0.4, 0.5) is 0 Å². The maximum absolute atomic E-state index is 8.57. The molecule has 0 aliphatic rings. The van der Waals surface area contributed by atoms with E-state index in [1.807, 2.05) is 0 Å². The molecule has 0 atom stereocenters. The fraction of sp³-hybridized carbons (Fsp3) is 0.500. The van der Waals surface area contributed by atoms with Crippen LogP contribution >= 0.6 is 0 Å². The van der Waals surface area contributed by atoms with Crippen LogP contribution in [0.2, 0.25) is 0 Å². The van der Waals surface area contributed by atoms with E-state index < -0.39 is 0 Å². The molecule has 1 aromatic heterocycles.